The molecule has 2 unspecified atom stereocenters. The third kappa shape index (κ3) is 4.98. The number of aliphatic hydroxyl groups is 2. The summed E-state index contributed by atoms with van der Waals surface area (Å²) >= 11 is 1.08. The van der Waals surface area contributed by atoms with Crippen LogP contribution in [0.1, 0.15) is 35.5 Å². The van der Waals surface area contributed by atoms with Gasteiger partial charge in [-0.05, 0) is 12.5 Å². The molecule has 0 fully saturated rings. The molecule has 7 heteroatoms. The third-order valence-electron chi connectivity index (χ3n) is 2.43. The van der Waals surface area contributed by atoms with E-state index in [0.29, 0.717) is 11.3 Å². The first kappa shape index (κ1) is 15.6. The molecule has 0 saturated heterocycles. The molecule has 0 aliphatic rings. The summed E-state index contributed by atoms with van der Waals surface area (Å²) in [7, 11) is 0. The molecular formula is C12H15NO5S. The molecule has 0 aromatic carbocycles. The number of carbonyl (C=O) groups is 2. The van der Waals surface area contributed by atoms with Crippen molar-refractivity contribution in [2.24, 2.45) is 0 Å². The van der Waals surface area contributed by atoms with Crippen molar-refractivity contribution in [3.05, 3.63) is 29.6 Å². The molecule has 2 atom stereocenters. The van der Waals surface area contributed by atoms with Gasteiger partial charge in [0.25, 0.3) is 0 Å². The first-order chi connectivity index (χ1) is 8.91. The zero-order chi connectivity index (χ0) is 14.4. The second-order valence-corrected chi connectivity index (χ2v) is 5.19. The zero-order valence-electron chi connectivity index (χ0n) is 10.3. The van der Waals surface area contributed by atoms with Gasteiger partial charge in [0.2, 0.25) is 0 Å². The minimum atomic E-state index is -1.15. The van der Waals surface area contributed by atoms with E-state index >= 15 is 0 Å². The minimum absolute atomic E-state index is 0.0471. The third-order valence-corrected chi connectivity index (χ3v) is 3.28. The van der Waals surface area contributed by atoms with Gasteiger partial charge >= 0.3 is 5.97 Å². The van der Waals surface area contributed by atoms with Gasteiger partial charge in [-0.3, -0.25) is 4.79 Å². The summed E-state index contributed by atoms with van der Waals surface area (Å²) in [5, 5.41) is 28.2. The molecule has 0 radical (unpaired) electrons. The Labute approximate surface area is 114 Å². The molecule has 104 valence electrons. The van der Waals surface area contributed by atoms with Crippen LogP contribution in [0.5, 0.6) is 0 Å². The number of aliphatic hydroxyl groups excluding tert-OH is 2. The van der Waals surface area contributed by atoms with Gasteiger partial charge in [0.1, 0.15) is 11.8 Å². The lowest BCUT2D eigenvalue weighted by atomic mass is 10.0. The van der Waals surface area contributed by atoms with Gasteiger partial charge in [-0.1, -0.05) is 17.8 Å². The Balaban J connectivity index is 2.58. The number of pyridine rings is 1. The molecule has 6 nitrogen and oxygen atoms in total. The molecule has 0 aliphatic heterocycles. The maximum atomic E-state index is 10.7. The number of thioether (sulfide) groups is 1. The first-order valence-electron chi connectivity index (χ1n) is 5.60. The number of carbonyl (C=O) groups excluding carboxylic acids is 1. The van der Waals surface area contributed by atoms with Crippen molar-refractivity contribution in [2.45, 2.75) is 25.6 Å². The number of aromatic carboxylic acids is 1. The second-order valence-electron chi connectivity index (χ2n) is 3.92. The summed E-state index contributed by atoms with van der Waals surface area (Å²) in [5.74, 6) is -0.742. The van der Waals surface area contributed by atoms with Gasteiger partial charge in [0, 0.05) is 24.4 Å². The predicted octanol–water partition coefficient (Wildman–Crippen LogP) is 0.844. The van der Waals surface area contributed by atoms with Crippen LogP contribution < -0.4 is 0 Å². The Kier molecular flexibility index (Phi) is 5.94. The van der Waals surface area contributed by atoms with E-state index in [1.165, 1.54) is 25.3 Å². The Morgan fingerprint density at radius 1 is 1.37 bits per heavy atom. The fourth-order valence-electron chi connectivity index (χ4n) is 1.41. The SMILES string of the molecule is CC(=O)SCCC(O)C(O)c1ccc(C(=O)O)nc1. The van der Waals surface area contributed by atoms with Gasteiger partial charge < -0.3 is 15.3 Å². The lowest BCUT2D eigenvalue weighted by Crippen LogP contribution is -2.19. The van der Waals surface area contributed by atoms with Gasteiger partial charge in [-0.25, -0.2) is 9.78 Å². The minimum Gasteiger partial charge on any atom is -0.477 e. The van der Waals surface area contributed by atoms with Crippen LogP contribution in [-0.2, 0) is 4.79 Å². The van der Waals surface area contributed by atoms with Crippen LogP contribution in [0.25, 0.3) is 0 Å². The molecule has 0 bridgehead atoms. The Morgan fingerprint density at radius 2 is 2.05 bits per heavy atom. The van der Waals surface area contributed by atoms with Crippen LogP contribution >= 0.6 is 11.8 Å². The van der Waals surface area contributed by atoms with Crippen LogP contribution in [0.4, 0.5) is 0 Å². The molecule has 0 spiro atoms. The van der Waals surface area contributed by atoms with E-state index in [4.69, 9.17) is 5.11 Å². The van der Waals surface area contributed by atoms with Crippen LogP contribution in [0.2, 0.25) is 0 Å². The normalized spacial score (nSPS) is 13.8. The van der Waals surface area contributed by atoms with E-state index in [9.17, 15) is 19.8 Å². The Hall–Kier alpha value is -1.44. The second kappa shape index (κ2) is 7.22. The molecule has 19 heavy (non-hydrogen) atoms. The first-order valence-corrected chi connectivity index (χ1v) is 6.59. The summed E-state index contributed by atoms with van der Waals surface area (Å²) in [6.07, 6.45) is -0.700. The Bertz CT molecular complexity index is 448. The molecule has 3 N–H and O–H groups in total. The Morgan fingerprint density at radius 3 is 2.53 bits per heavy atom. The number of carboxylic acids is 1. The van der Waals surface area contributed by atoms with Crippen molar-refractivity contribution in [3.63, 3.8) is 0 Å². The van der Waals surface area contributed by atoms with E-state index in [1.54, 1.807) is 0 Å². The summed E-state index contributed by atoms with van der Waals surface area (Å²) in [6.45, 7) is 1.43. The summed E-state index contributed by atoms with van der Waals surface area (Å²) in [5.41, 5.74) is 0.211. The fraction of sp³-hybridized carbons (Fsp3) is 0.417. The standard InChI is InChI=1S/C12H15NO5S/c1-7(14)19-5-4-10(15)11(16)8-2-3-9(12(17)18)13-6-8/h2-3,6,10-11,15-16H,4-5H2,1H3,(H,17,18). The van der Waals surface area contributed by atoms with E-state index in [0.717, 1.165) is 11.8 Å². The molecule has 0 aliphatic carbocycles. The average Bonchev–Trinajstić information content (AvgIpc) is 2.37. The molecule has 1 aromatic rings. The largest absolute Gasteiger partial charge is 0.477 e. The number of hydrogen-bond acceptors (Lipinski definition) is 6. The highest BCUT2D eigenvalue weighted by Gasteiger charge is 2.19. The summed E-state index contributed by atoms with van der Waals surface area (Å²) in [6, 6.07) is 2.67. The number of hydrogen-bond donors (Lipinski definition) is 3. The molecule has 1 aromatic heterocycles. The van der Waals surface area contributed by atoms with Crippen LogP contribution in [0, 0.1) is 0 Å². The van der Waals surface area contributed by atoms with Crippen LogP contribution in [-0.4, -0.2) is 43.2 Å². The maximum Gasteiger partial charge on any atom is 0.354 e. The number of nitrogens with zero attached hydrogens (tertiary/aromatic N) is 1. The molecule has 0 saturated carbocycles. The van der Waals surface area contributed by atoms with E-state index in [1.807, 2.05) is 0 Å². The van der Waals surface area contributed by atoms with Crippen molar-refractivity contribution >= 4 is 22.8 Å². The molecule has 1 heterocycles. The molecule has 0 amide bonds. The van der Waals surface area contributed by atoms with E-state index < -0.39 is 18.2 Å². The van der Waals surface area contributed by atoms with Crippen molar-refractivity contribution in [1.29, 1.82) is 0 Å². The summed E-state index contributed by atoms with van der Waals surface area (Å²) in [4.78, 5) is 25.0. The maximum absolute atomic E-state index is 10.7. The predicted molar refractivity (Wildman–Crippen MR) is 69.9 cm³/mol. The van der Waals surface area contributed by atoms with Crippen LogP contribution in [0.3, 0.4) is 0 Å². The summed E-state index contributed by atoms with van der Waals surface area (Å²) < 4.78 is 0. The van der Waals surface area contributed by atoms with Gasteiger partial charge in [-0.15, -0.1) is 0 Å². The smallest absolute Gasteiger partial charge is 0.354 e. The van der Waals surface area contributed by atoms with E-state index in [-0.39, 0.29) is 17.2 Å². The molecule has 1 rings (SSSR count). The van der Waals surface area contributed by atoms with Crippen molar-refractivity contribution in [3.8, 4) is 0 Å². The lowest BCUT2D eigenvalue weighted by Gasteiger charge is -2.17. The lowest BCUT2D eigenvalue weighted by molar-refractivity contribution is -0.109. The highest BCUT2D eigenvalue weighted by Crippen LogP contribution is 2.20. The van der Waals surface area contributed by atoms with Crippen molar-refractivity contribution in [2.75, 3.05) is 5.75 Å². The average molecular weight is 285 g/mol. The monoisotopic (exact) mass is 285 g/mol. The quantitative estimate of drug-likeness (QED) is 0.711. The van der Waals surface area contributed by atoms with Crippen molar-refractivity contribution < 1.29 is 24.9 Å². The van der Waals surface area contributed by atoms with Gasteiger partial charge in [0.15, 0.2) is 5.12 Å². The van der Waals surface area contributed by atoms with Crippen molar-refractivity contribution in [1.82, 2.24) is 4.98 Å². The molecular weight excluding hydrogens is 270 g/mol. The van der Waals surface area contributed by atoms with E-state index in [2.05, 4.69) is 4.98 Å². The van der Waals surface area contributed by atoms with Crippen LogP contribution in [0.15, 0.2) is 18.3 Å². The highest BCUT2D eigenvalue weighted by atomic mass is 32.2. The number of aromatic nitrogens is 1. The zero-order valence-corrected chi connectivity index (χ0v) is 11.1. The highest BCUT2D eigenvalue weighted by molar-refractivity contribution is 8.13. The number of carboxylic acid groups (broad SMARTS) is 1. The fourth-order valence-corrected chi connectivity index (χ4v) is 2.06. The van der Waals surface area contributed by atoms with Gasteiger partial charge in [0.05, 0.1) is 6.10 Å². The topological polar surface area (TPSA) is 108 Å². The van der Waals surface area contributed by atoms with Gasteiger partial charge in [-0.2, -0.15) is 0 Å². The number of rotatable bonds is 6.